The predicted molar refractivity (Wildman–Crippen MR) is 116 cm³/mol. The van der Waals surface area contributed by atoms with Crippen LogP contribution < -0.4 is 25.1 Å². The Hall–Kier alpha value is -2.90. The van der Waals surface area contributed by atoms with Crippen LogP contribution in [0, 0.1) is 0 Å². The molecule has 2 amide bonds. The van der Waals surface area contributed by atoms with Gasteiger partial charge >= 0.3 is 0 Å². The van der Waals surface area contributed by atoms with E-state index in [1.54, 1.807) is 49.6 Å². The molecule has 0 bridgehead atoms. The maximum atomic E-state index is 11.9. The first-order chi connectivity index (χ1) is 14.4. The Labute approximate surface area is 184 Å². The highest BCUT2D eigenvalue weighted by atomic mass is 35.5. The lowest BCUT2D eigenvalue weighted by Gasteiger charge is -2.09. The van der Waals surface area contributed by atoms with Crippen LogP contribution in [-0.4, -0.2) is 32.6 Å². The fourth-order valence-electron chi connectivity index (χ4n) is 2.37. The maximum Gasteiger partial charge on any atom is 0.262 e. The summed E-state index contributed by atoms with van der Waals surface area (Å²) in [5.74, 6) is 0.829. The van der Waals surface area contributed by atoms with Gasteiger partial charge in [-0.25, -0.2) is 0 Å². The number of halogens is 2. The number of rotatable bonds is 9. The molecule has 0 spiro atoms. The van der Waals surface area contributed by atoms with E-state index in [0.29, 0.717) is 40.3 Å². The van der Waals surface area contributed by atoms with Crippen LogP contribution in [0.25, 0.3) is 6.08 Å². The molecule has 0 saturated heterocycles. The lowest BCUT2D eigenvalue weighted by Crippen LogP contribution is -2.40. The summed E-state index contributed by atoms with van der Waals surface area (Å²) >= 11 is 11.8. The molecule has 0 unspecified atom stereocenters. The van der Waals surface area contributed by atoms with Gasteiger partial charge in [0.15, 0.2) is 11.5 Å². The van der Waals surface area contributed by atoms with Crippen molar-refractivity contribution in [1.29, 1.82) is 0 Å². The molecule has 0 radical (unpaired) electrons. The van der Waals surface area contributed by atoms with Crippen LogP contribution in [0.3, 0.4) is 0 Å². The first-order valence-corrected chi connectivity index (χ1v) is 9.75. The molecule has 0 saturated carbocycles. The zero-order valence-corrected chi connectivity index (χ0v) is 18.0. The molecule has 2 aromatic carbocycles. The van der Waals surface area contributed by atoms with Gasteiger partial charge in [-0.2, -0.15) is 0 Å². The molecule has 0 heterocycles. The fourth-order valence-corrected chi connectivity index (χ4v) is 2.83. The number of hydrogen-bond acceptors (Lipinski definition) is 5. The summed E-state index contributed by atoms with van der Waals surface area (Å²) in [5.41, 5.74) is 5.41. The Morgan fingerprint density at radius 2 is 1.70 bits per heavy atom. The second-order valence-electron chi connectivity index (χ2n) is 6.01. The third-order valence-electron chi connectivity index (χ3n) is 3.86. The minimum Gasteiger partial charge on any atom is -0.493 e. The van der Waals surface area contributed by atoms with Crippen LogP contribution >= 0.6 is 23.2 Å². The minimum absolute atomic E-state index is 0.172. The van der Waals surface area contributed by atoms with Crippen molar-refractivity contribution in [3.05, 3.63) is 58.1 Å². The normalized spacial score (nSPS) is 10.5. The quantitative estimate of drug-likeness (QED) is 0.340. The predicted octanol–water partition coefficient (Wildman–Crippen LogP) is 4.03. The molecule has 2 aromatic rings. The first-order valence-electron chi connectivity index (χ1n) is 8.99. The third-order valence-corrected chi connectivity index (χ3v) is 4.39. The van der Waals surface area contributed by atoms with E-state index in [4.69, 9.17) is 37.4 Å². The SMILES string of the molecule is COc1ccc(/C=C/C(=O)NNC(=O)CCCOc2ccc(Cl)cc2Cl)cc1OC. The summed E-state index contributed by atoms with van der Waals surface area (Å²) in [6, 6.07) is 10.1. The number of hydrazine groups is 1. The number of carbonyl (C=O) groups excluding carboxylic acids is 2. The summed E-state index contributed by atoms with van der Waals surface area (Å²) in [7, 11) is 3.07. The van der Waals surface area contributed by atoms with E-state index in [0.717, 1.165) is 5.56 Å². The number of hydrogen-bond donors (Lipinski definition) is 2. The Morgan fingerprint density at radius 3 is 2.40 bits per heavy atom. The number of methoxy groups -OCH3 is 2. The third kappa shape index (κ3) is 7.50. The molecule has 30 heavy (non-hydrogen) atoms. The molecule has 2 N–H and O–H groups in total. The zero-order valence-electron chi connectivity index (χ0n) is 16.5. The molecule has 0 aromatic heterocycles. The summed E-state index contributed by atoms with van der Waals surface area (Å²) in [6.07, 6.45) is 3.51. The topological polar surface area (TPSA) is 85.9 Å². The Morgan fingerprint density at radius 1 is 0.967 bits per heavy atom. The molecule has 0 aliphatic heterocycles. The fraction of sp³-hybridized carbons (Fsp3) is 0.238. The largest absolute Gasteiger partial charge is 0.493 e. The van der Waals surface area contributed by atoms with Crippen molar-refractivity contribution in [2.75, 3.05) is 20.8 Å². The van der Waals surface area contributed by atoms with Gasteiger partial charge in [0.1, 0.15) is 5.75 Å². The van der Waals surface area contributed by atoms with Crippen LogP contribution in [0.15, 0.2) is 42.5 Å². The number of ether oxygens (including phenoxy) is 3. The van der Waals surface area contributed by atoms with Gasteiger partial charge in [-0.3, -0.25) is 20.4 Å². The molecular formula is C21H22Cl2N2O5. The van der Waals surface area contributed by atoms with E-state index in [2.05, 4.69) is 10.9 Å². The molecule has 0 aliphatic carbocycles. The molecule has 0 fully saturated rings. The van der Waals surface area contributed by atoms with Gasteiger partial charge in [-0.15, -0.1) is 0 Å². The van der Waals surface area contributed by atoms with Crippen LogP contribution in [0.2, 0.25) is 10.0 Å². The van der Waals surface area contributed by atoms with E-state index in [1.807, 2.05) is 0 Å². The summed E-state index contributed by atoms with van der Waals surface area (Å²) in [5, 5.41) is 0.920. The zero-order chi connectivity index (χ0) is 21.9. The highest BCUT2D eigenvalue weighted by Gasteiger charge is 2.06. The second kappa shape index (κ2) is 11.9. The van der Waals surface area contributed by atoms with E-state index >= 15 is 0 Å². The molecule has 2 rings (SSSR count). The Balaban J connectivity index is 1.70. The average Bonchev–Trinajstić information content (AvgIpc) is 2.74. The van der Waals surface area contributed by atoms with Crippen LogP contribution in [0.4, 0.5) is 0 Å². The van der Waals surface area contributed by atoms with E-state index in [9.17, 15) is 9.59 Å². The molecule has 160 valence electrons. The molecule has 0 aliphatic rings. The highest BCUT2D eigenvalue weighted by molar-refractivity contribution is 6.35. The highest BCUT2D eigenvalue weighted by Crippen LogP contribution is 2.28. The Kier molecular flexibility index (Phi) is 9.31. The van der Waals surface area contributed by atoms with Gasteiger partial charge in [0.05, 0.1) is 25.8 Å². The Bertz CT molecular complexity index is 918. The average molecular weight is 453 g/mol. The number of benzene rings is 2. The van der Waals surface area contributed by atoms with Crippen molar-refractivity contribution in [3.63, 3.8) is 0 Å². The van der Waals surface area contributed by atoms with Gasteiger partial charge in [0.25, 0.3) is 5.91 Å². The first kappa shape index (κ1) is 23.4. The second-order valence-corrected chi connectivity index (χ2v) is 6.86. The van der Waals surface area contributed by atoms with E-state index < -0.39 is 5.91 Å². The van der Waals surface area contributed by atoms with Crippen molar-refractivity contribution in [2.24, 2.45) is 0 Å². The van der Waals surface area contributed by atoms with Gasteiger partial charge < -0.3 is 14.2 Å². The van der Waals surface area contributed by atoms with Gasteiger partial charge in [-0.05, 0) is 48.4 Å². The molecule has 9 heteroatoms. The van der Waals surface area contributed by atoms with Crippen LogP contribution in [-0.2, 0) is 9.59 Å². The van der Waals surface area contributed by atoms with Crippen molar-refractivity contribution in [3.8, 4) is 17.2 Å². The molecular weight excluding hydrogens is 431 g/mol. The standard InChI is InChI=1S/C21H22Cl2N2O5/c1-28-18-8-5-14(12-19(18)29-2)6-10-21(27)25-24-20(26)4-3-11-30-17-9-7-15(22)13-16(17)23/h5-10,12-13H,3-4,11H2,1-2H3,(H,24,26)(H,25,27)/b10-6+. The van der Waals surface area contributed by atoms with E-state index in [-0.39, 0.29) is 12.3 Å². The van der Waals surface area contributed by atoms with Gasteiger partial charge in [-0.1, -0.05) is 29.3 Å². The van der Waals surface area contributed by atoms with Crippen LogP contribution in [0.5, 0.6) is 17.2 Å². The number of amides is 2. The van der Waals surface area contributed by atoms with Crippen molar-refractivity contribution in [2.45, 2.75) is 12.8 Å². The smallest absolute Gasteiger partial charge is 0.262 e. The van der Waals surface area contributed by atoms with Crippen molar-refractivity contribution in [1.82, 2.24) is 10.9 Å². The van der Waals surface area contributed by atoms with Gasteiger partial charge in [0, 0.05) is 17.5 Å². The number of nitrogens with one attached hydrogen (secondary N) is 2. The lowest BCUT2D eigenvalue weighted by molar-refractivity contribution is -0.126. The molecule has 7 nitrogen and oxygen atoms in total. The summed E-state index contributed by atoms with van der Waals surface area (Å²) in [4.78, 5) is 23.7. The van der Waals surface area contributed by atoms with Crippen molar-refractivity contribution >= 4 is 41.1 Å². The minimum atomic E-state index is -0.470. The monoisotopic (exact) mass is 452 g/mol. The maximum absolute atomic E-state index is 11.9. The van der Waals surface area contributed by atoms with E-state index in [1.165, 1.54) is 13.2 Å². The summed E-state index contributed by atoms with van der Waals surface area (Å²) < 4.78 is 15.9. The molecule has 0 atom stereocenters. The lowest BCUT2D eigenvalue weighted by atomic mass is 10.2. The van der Waals surface area contributed by atoms with Crippen LogP contribution in [0.1, 0.15) is 18.4 Å². The van der Waals surface area contributed by atoms with Crippen molar-refractivity contribution < 1.29 is 23.8 Å². The summed E-state index contributed by atoms with van der Waals surface area (Å²) in [6.45, 7) is 0.294. The number of carbonyl (C=O) groups is 2. The van der Waals surface area contributed by atoms with Gasteiger partial charge in [0.2, 0.25) is 5.91 Å².